The van der Waals surface area contributed by atoms with Gasteiger partial charge in [0.1, 0.15) is 17.4 Å². The number of nitroso groups, excluding NO2 is 1. The summed E-state index contributed by atoms with van der Waals surface area (Å²) in [5, 5.41) is 31.9. The van der Waals surface area contributed by atoms with Crippen LogP contribution in [-0.4, -0.2) is 22.3 Å². The van der Waals surface area contributed by atoms with Crippen molar-refractivity contribution in [1.82, 2.24) is 4.98 Å². The number of allylic oxidation sites excluding steroid dienone is 1. The van der Waals surface area contributed by atoms with E-state index < -0.39 is 11.5 Å². The van der Waals surface area contributed by atoms with Crippen LogP contribution in [0.2, 0.25) is 0 Å². The van der Waals surface area contributed by atoms with Gasteiger partial charge in [0.15, 0.2) is 17.2 Å². The van der Waals surface area contributed by atoms with Gasteiger partial charge in [-0.15, -0.1) is 4.91 Å². The van der Waals surface area contributed by atoms with Gasteiger partial charge in [0.05, 0.1) is 12.8 Å². The Morgan fingerprint density at radius 3 is 2.73 bits per heavy atom. The number of hydrogen-bond donors (Lipinski definition) is 2. The molecular weight excluding hydrogens is 286 g/mol. The fraction of sp³-hybridized carbons (Fsp3) is 0.0667. The maximum Gasteiger partial charge on any atom is 0.187 e. The van der Waals surface area contributed by atoms with Crippen molar-refractivity contribution in [2.24, 2.45) is 5.18 Å². The number of aliphatic hydroxyl groups is 1. The Hall–Kier alpha value is -3.40. The Kier molecular flexibility index (Phi) is 4.34. The summed E-state index contributed by atoms with van der Waals surface area (Å²) in [6.45, 7) is 0. The molecule has 2 N–H and O–H groups in total. The Labute approximate surface area is 125 Å². The molecule has 2 rings (SSSR count). The summed E-state index contributed by atoms with van der Waals surface area (Å²) < 4.78 is 4.92. The molecule has 0 unspecified atom stereocenters. The van der Waals surface area contributed by atoms with E-state index in [9.17, 15) is 20.4 Å². The van der Waals surface area contributed by atoms with Crippen LogP contribution in [0.15, 0.2) is 41.7 Å². The molecule has 7 nitrogen and oxygen atoms in total. The predicted octanol–water partition coefficient (Wildman–Crippen LogP) is 3.14. The Morgan fingerprint density at radius 2 is 2.18 bits per heavy atom. The van der Waals surface area contributed by atoms with Crippen LogP contribution in [0, 0.1) is 16.2 Å². The SMILES string of the molecule is COc1cc(/C(O)=C(\C#N)c2ccccn2)cc(N=O)c1O. The minimum atomic E-state index is -0.439. The summed E-state index contributed by atoms with van der Waals surface area (Å²) in [7, 11) is 1.29. The minimum absolute atomic E-state index is 0.0445. The topological polar surface area (TPSA) is 116 Å². The molecular formula is C15H11N3O4. The van der Waals surface area contributed by atoms with Gasteiger partial charge in [0.2, 0.25) is 0 Å². The summed E-state index contributed by atoms with van der Waals surface area (Å²) in [6, 6.07) is 9.21. The second-order valence-electron chi connectivity index (χ2n) is 4.19. The first-order valence-corrected chi connectivity index (χ1v) is 6.11. The average molecular weight is 297 g/mol. The van der Waals surface area contributed by atoms with Crippen LogP contribution >= 0.6 is 0 Å². The van der Waals surface area contributed by atoms with Crippen LogP contribution in [0.4, 0.5) is 5.69 Å². The molecule has 1 aromatic carbocycles. The first kappa shape index (κ1) is 15.0. The lowest BCUT2D eigenvalue weighted by Crippen LogP contribution is -1.94. The number of aromatic nitrogens is 1. The Balaban J connectivity index is 2.66. The average Bonchev–Trinajstić information content (AvgIpc) is 2.56. The molecule has 0 radical (unpaired) electrons. The molecule has 22 heavy (non-hydrogen) atoms. The number of aliphatic hydroxyl groups excluding tert-OH is 1. The number of nitrogens with zero attached hydrogens (tertiary/aromatic N) is 3. The molecule has 0 aliphatic rings. The summed E-state index contributed by atoms with van der Waals surface area (Å²) >= 11 is 0. The first-order valence-electron chi connectivity index (χ1n) is 6.11. The molecule has 0 spiro atoms. The number of methoxy groups -OCH3 is 1. The van der Waals surface area contributed by atoms with Crippen molar-refractivity contribution in [3.05, 3.63) is 52.7 Å². The molecule has 7 heteroatoms. The number of pyridine rings is 1. The highest BCUT2D eigenvalue weighted by atomic mass is 16.5. The lowest BCUT2D eigenvalue weighted by atomic mass is 10.0. The van der Waals surface area contributed by atoms with Crippen molar-refractivity contribution in [2.45, 2.75) is 0 Å². The van der Waals surface area contributed by atoms with Crippen LogP contribution in [0.3, 0.4) is 0 Å². The zero-order valence-electron chi connectivity index (χ0n) is 11.5. The molecule has 110 valence electrons. The van der Waals surface area contributed by atoms with Crippen LogP contribution in [0.25, 0.3) is 11.3 Å². The predicted molar refractivity (Wildman–Crippen MR) is 79.4 cm³/mol. The quantitative estimate of drug-likeness (QED) is 0.508. The second kappa shape index (κ2) is 6.37. The smallest absolute Gasteiger partial charge is 0.187 e. The number of phenols is 1. The summed E-state index contributed by atoms with van der Waals surface area (Å²) in [4.78, 5) is 14.7. The highest BCUT2D eigenvalue weighted by Crippen LogP contribution is 2.39. The number of nitriles is 1. The maximum absolute atomic E-state index is 10.7. The molecule has 0 saturated heterocycles. The number of ether oxygens (including phenoxy) is 1. The molecule has 0 atom stereocenters. The van der Waals surface area contributed by atoms with Crippen molar-refractivity contribution in [3.8, 4) is 17.6 Å². The molecule has 1 heterocycles. The molecule has 0 aliphatic carbocycles. The van der Waals surface area contributed by atoms with Crippen LogP contribution < -0.4 is 4.74 Å². The first-order chi connectivity index (χ1) is 10.6. The van der Waals surface area contributed by atoms with E-state index in [0.29, 0.717) is 0 Å². The van der Waals surface area contributed by atoms with Gasteiger partial charge in [0, 0.05) is 11.8 Å². The van der Waals surface area contributed by atoms with Crippen LogP contribution in [0.1, 0.15) is 11.3 Å². The Morgan fingerprint density at radius 1 is 1.41 bits per heavy atom. The number of phenolic OH excluding ortho intramolecular Hbond substituents is 1. The normalized spacial score (nSPS) is 11.3. The van der Waals surface area contributed by atoms with E-state index in [1.807, 2.05) is 6.07 Å². The van der Waals surface area contributed by atoms with Gasteiger partial charge in [-0.25, -0.2) is 0 Å². The summed E-state index contributed by atoms with van der Waals surface area (Å²) in [5.74, 6) is -0.883. The van der Waals surface area contributed by atoms with E-state index in [0.717, 1.165) is 6.07 Å². The largest absolute Gasteiger partial charge is 0.506 e. The fourth-order valence-electron chi connectivity index (χ4n) is 1.84. The van der Waals surface area contributed by atoms with Gasteiger partial charge < -0.3 is 14.9 Å². The van der Waals surface area contributed by atoms with Crippen molar-refractivity contribution in [2.75, 3.05) is 7.11 Å². The van der Waals surface area contributed by atoms with E-state index in [4.69, 9.17) is 4.74 Å². The zero-order valence-corrected chi connectivity index (χ0v) is 11.5. The van der Waals surface area contributed by atoms with E-state index in [1.165, 1.54) is 19.4 Å². The molecule has 0 amide bonds. The maximum atomic E-state index is 10.7. The number of hydrogen-bond acceptors (Lipinski definition) is 7. The van der Waals surface area contributed by atoms with Gasteiger partial charge >= 0.3 is 0 Å². The van der Waals surface area contributed by atoms with Crippen molar-refractivity contribution in [1.29, 1.82) is 5.26 Å². The number of aromatic hydroxyl groups is 1. The van der Waals surface area contributed by atoms with Crippen molar-refractivity contribution < 1.29 is 14.9 Å². The number of rotatable bonds is 4. The fourth-order valence-corrected chi connectivity index (χ4v) is 1.84. The summed E-state index contributed by atoms with van der Waals surface area (Å²) in [5.41, 5.74) is -0.00832. The lowest BCUT2D eigenvalue weighted by Gasteiger charge is -2.09. The molecule has 1 aromatic heterocycles. The third-order valence-corrected chi connectivity index (χ3v) is 2.92. The molecule has 0 fully saturated rings. The third kappa shape index (κ3) is 2.71. The molecule has 2 aromatic rings. The summed E-state index contributed by atoms with van der Waals surface area (Å²) in [6.07, 6.45) is 1.48. The van der Waals surface area contributed by atoms with Gasteiger partial charge in [-0.2, -0.15) is 5.26 Å². The molecule has 0 saturated carbocycles. The van der Waals surface area contributed by atoms with Gasteiger partial charge in [0.25, 0.3) is 0 Å². The van der Waals surface area contributed by atoms with Crippen LogP contribution in [-0.2, 0) is 0 Å². The van der Waals surface area contributed by atoms with Gasteiger partial charge in [-0.05, 0) is 29.4 Å². The lowest BCUT2D eigenvalue weighted by molar-refractivity contribution is 0.374. The van der Waals surface area contributed by atoms with Gasteiger partial charge in [-0.3, -0.25) is 4.98 Å². The monoisotopic (exact) mass is 297 g/mol. The highest BCUT2D eigenvalue weighted by Gasteiger charge is 2.17. The van der Waals surface area contributed by atoms with E-state index in [1.54, 1.807) is 18.2 Å². The number of benzene rings is 1. The standard InChI is InChI=1S/C15H11N3O4/c1-22-13-7-9(6-12(18-21)15(13)20)14(19)10(8-16)11-4-2-3-5-17-11/h2-7,19-20H,1H3/b14-10-. The van der Waals surface area contributed by atoms with E-state index in [2.05, 4.69) is 10.2 Å². The zero-order chi connectivity index (χ0) is 16.1. The highest BCUT2D eigenvalue weighted by molar-refractivity contribution is 5.93. The van der Waals surface area contributed by atoms with Gasteiger partial charge in [-0.1, -0.05) is 6.07 Å². The Bertz CT molecular complexity index is 779. The van der Waals surface area contributed by atoms with Crippen LogP contribution in [0.5, 0.6) is 11.5 Å². The van der Waals surface area contributed by atoms with Crippen molar-refractivity contribution >= 4 is 17.0 Å². The molecule has 0 bridgehead atoms. The van der Waals surface area contributed by atoms with Crippen molar-refractivity contribution in [3.63, 3.8) is 0 Å². The minimum Gasteiger partial charge on any atom is -0.506 e. The molecule has 0 aliphatic heterocycles. The second-order valence-corrected chi connectivity index (χ2v) is 4.19. The third-order valence-electron chi connectivity index (χ3n) is 2.92. The van der Waals surface area contributed by atoms with E-state index >= 15 is 0 Å². The van der Waals surface area contributed by atoms with E-state index in [-0.39, 0.29) is 28.3 Å².